The van der Waals surface area contributed by atoms with Crippen LogP contribution in [0, 0.1) is 0 Å². The minimum atomic E-state index is -0.807. The predicted octanol–water partition coefficient (Wildman–Crippen LogP) is 2.51. The van der Waals surface area contributed by atoms with E-state index in [0.29, 0.717) is 0 Å². The highest BCUT2D eigenvalue weighted by atomic mass is 32.1. The molecule has 1 aromatic rings. The molecule has 2 atom stereocenters. The lowest BCUT2D eigenvalue weighted by Gasteiger charge is -2.14. The van der Waals surface area contributed by atoms with Crippen LogP contribution in [0.3, 0.4) is 0 Å². The van der Waals surface area contributed by atoms with Gasteiger partial charge in [-0.05, 0) is 41.8 Å². The molecule has 0 bridgehead atoms. The zero-order valence-electron chi connectivity index (χ0n) is 6.79. The third kappa shape index (κ3) is 1.52. The highest BCUT2D eigenvalue weighted by Gasteiger charge is 2.25. The molecule has 12 heavy (non-hydrogen) atoms. The van der Waals surface area contributed by atoms with Gasteiger partial charge < -0.3 is 5.32 Å². The number of alkyl halides is 1. The van der Waals surface area contributed by atoms with Crippen LogP contribution in [0.1, 0.15) is 24.6 Å². The summed E-state index contributed by atoms with van der Waals surface area (Å²) in [7, 11) is 0. The molecule has 0 radical (unpaired) electrons. The minimum Gasteiger partial charge on any atom is -0.311 e. The van der Waals surface area contributed by atoms with Crippen LogP contribution < -0.4 is 5.32 Å². The van der Waals surface area contributed by atoms with E-state index in [1.54, 1.807) is 11.3 Å². The van der Waals surface area contributed by atoms with Crippen molar-refractivity contribution >= 4 is 11.3 Å². The number of hydrogen-bond donors (Lipinski definition) is 1. The fourth-order valence-electron chi connectivity index (χ4n) is 1.63. The number of rotatable bonds is 2. The van der Waals surface area contributed by atoms with Gasteiger partial charge in [-0.25, -0.2) is 4.39 Å². The SMILES string of the molecule is FC(c1ccsc1)C1CCCN1. The number of thiophene rings is 1. The van der Waals surface area contributed by atoms with Crippen molar-refractivity contribution in [2.75, 3.05) is 6.54 Å². The lowest BCUT2D eigenvalue weighted by molar-refractivity contribution is 0.272. The Kier molecular flexibility index (Phi) is 2.42. The first-order chi connectivity index (χ1) is 5.88. The molecular formula is C9H12FNS. The zero-order valence-corrected chi connectivity index (χ0v) is 7.61. The van der Waals surface area contributed by atoms with E-state index in [1.165, 1.54) is 0 Å². The Balaban J connectivity index is 2.04. The van der Waals surface area contributed by atoms with Crippen molar-refractivity contribution in [2.24, 2.45) is 0 Å². The van der Waals surface area contributed by atoms with E-state index < -0.39 is 6.17 Å². The smallest absolute Gasteiger partial charge is 0.141 e. The normalized spacial score (nSPS) is 25.9. The van der Waals surface area contributed by atoms with Crippen LogP contribution in [0.2, 0.25) is 0 Å². The Hall–Kier alpha value is -0.410. The summed E-state index contributed by atoms with van der Waals surface area (Å²) < 4.78 is 13.6. The summed E-state index contributed by atoms with van der Waals surface area (Å²) in [5, 5.41) is 7.00. The molecule has 66 valence electrons. The van der Waals surface area contributed by atoms with Crippen molar-refractivity contribution in [3.05, 3.63) is 22.4 Å². The van der Waals surface area contributed by atoms with Gasteiger partial charge in [0, 0.05) is 6.04 Å². The Morgan fingerprint density at radius 2 is 2.58 bits per heavy atom. The first-order valence-electron chi connectivity index (χ1n) is 4.27. The molecule has 1 aliphatic rings. The highest BCUT2D eigenvalue weighted by molar-refractivity contribution is 7.07. The van der Waals surface area contributed by atoms with Crippen molar-refractivity contribution in [2.45, 2.75) is 25.1 Å². The van der Waals surface area contributed by atoms with Crippen molar-refractivity contribution < 1.29 is 4.39 Å². The molecule has 2 rings (SSSR count). The topological polar surface area (TPSA) is 12.0 Å². The summed E-state index contributed by atoms with van der Waals surface area (Å²) in [4.78, 5) is 0. The van der Waals surface area contributed by atoms with E-state index in [4.69, 9.17) is 0 Å². The Morgan fingerprint density at radius 1 is 1.67 bits per heavy atom. The quantitative estimate of drug-likeness (QED) is 0.746. The second kappa shape index (κ2) is 3.54. The van der Waals surface area contributed by atoms with Gasteiger partial charge in [0.1, 0.15) is 6.17 Å². The summed E-state index contributed by atoms with van der Waals surface area (Å²) in [6, 6.07) is 1.93. The maximum absolute atomic E-state index is 13.6. The summed E-state index contributed by atoms with van der Waals surface area (Å²) in [6.07, 6.45) is 1.27. The van der Waals surface area contributed by atoms with Crippen molar-refractivity contribution in [3.8, 4) is 0 Å². The Labute approximate surface area is 75.6 Å². The molecule has 0 amide bonds. The lowest BCUT2D eigenvalue weighted by atomic mass is 10.1. The molecule has 1 aromatic heterocycles. The summed E-state index contributed by atoms with van der Waals surface area (Å²) in [6.45, 7) is 0.967. The molecule has 0 saturated carbocycles. The molecular weight excluding hydrogens is 173 g/mol. The van der Waals surface area contributed by atoms with Crippen LogP contribution in [-0.2, 0) is 0 Å². The van der Waals surface area contributed by atoms with Gasteiger partial charge in [0.05, 0.1) is 0 Å². The standard InChI is InChI=1S/C9H12FNS/c10-9(7-3-5-12-6-7)8-2-1-4-11-8/h3,5-6,8-9,11H,1-2,4H2. The van der Waals surface area contributed by atoms with Crippen LogP contribution in [-0.4, -0.2) is 12.6 Å². The van der Waals surface area contributed by atoms with E-state index in [0.717, 1.165) is 24.9 Å². The fraction of sp³-hybridized carbons (Fsp3) is 0.556. The van der Waals surface area contributed by atoms with Crippen LogP contribution >= 0.6 is 11.3 Å². The zero-order chi connectivity index (χ0) is 8.39. The largest absolute Gasteiger partial charge is 0.311 e. The van der Waals surface area contributed by atoms with Gasteiger partial charge >= 0.3 is 0 Å². The van der Waals surface area contributed by atoms with Gasteiger partial charge in [-0.2, -0.15) is 11.3 Å². The minimum absolute atomic E-state index is 0.0552. The van der Waals surface area contributed by atoms with Crippen LogP contribution in [0.5, 0.6) is 0 Å². The van der Waals surface area contributed by atoms with Gasteiger partial charge in [-0.1, -0.05) is 0 Å². The average molecular weight is 185 g/mol. The molecule has 1 N–H and O–H groups in total. The third-order valence-electron chi connectivity index (χ3n) is 2.31. The van der Waals surface area contributed by atoms with E-state index in [9.17, 15) is 4.39 Å². The summed E-state index contributed by atoms with van der Waals surface area (Å²) in [5.74, 6) is 0. The van der Waals surface area contributed by atoms with E-state index >= 15 is 0 Å². The monoisotopic (exact) mass is 185 g/mol. The van der Waals surface area contributed by atoms with Crippen molar-refractivity contribution in [1.29, 1.82) is 0 Å². The second-order valence-electron chi connectivity index (χ2n) is 3.16. The van der Waals surface area contributed by atoms with Crippen molar-refractivity contribution in [1.82, 2.24) is 5.32 Å². The number of halogens is 1. The van der Waals surface area contributed by atoms with Gasteiger partial charge in [0.15, 0.2) is 0 Å². The Morgan fingerprint density at radius 3 is 3.17 bits per heavy atom. The highest BCUT2D eigenvalue weighted by Crippen LogP contribution is 2.27. The lowest BCUT2D eigenvalue weighted by Crippen LogP contribution is -2.26. The van der Waals surface area contributed by atoms with Crippen molar-refractivity contribution in [3.63, 3.8) is 0 Å². The second-order valence-corrected chi connectivity index (χ2v) is 3.94. The number of hydrogen-bond acceptors (Lipinski definition) is 2. The molecule has 1 nitrogen and oxygen atoms in total. The van der Waals surface area contributed by atoms with E-state index in [-0.39, 0.29) is 6.04 Å². The van der Waals surface area contributed by atoms with Crippen LogP contribution in [0.25, 0.3) is 0 Å². The van der Waals surface area contributed by atoms with Gasteiger partial charge in [-0.15, -0.1) is 0 Å². The fourth-order valence-corrected chi connectivity index (χ4v) is 2.31. The first kappa shape index (κ1) is 8.20. The Bertz CT molecular complexity index is 229. The van der Waals surface area contributed by atoms with Gasteiger partial charge in [-0.3, -0.25) is 0 Å². The van der Waals surface area contributed by atoms with Crippen LogP contribution in [0.15, 0.2) is 16.8 Å². The van der Waals surface area contributed by atoms with E-state index in [1.807, 2.05) is 16.8 Å². The predicted molar refractivity (Wildman–Crippen MR) is 49.2 cm³/mol. The molecule has 3 heteroatoms. The molecule has 1 saturated heterocycles. The molecule has 2 heterocycles. The maximum atomic E-state index is 13.6. The van der Waals surface area contributed by atoms with Gasteiger partial charge in [0.2, 0.25) is 0 Å². The first-order valence-corrected chi connectivity index (χ1v) is 5.22. The van der Waals surface area contributed by atoms with Crippen LogP contribution in [0.4, 0.5) is 4.39 Å². The summed E-state index contributed by atoms with van der Waals surface area (Å²) >= 11 is 1.56. The average Bonchev–Trinajstić information content (AvgIpc) is 2.77. The van der Waals surface area contributed by atoms with Gasteiger partial charge in [0.25, 0.3) is 0 Å². The maximum Gasteiger partial charge on any atom is 0.141 e. The van der Waals surface area contributed by atoms with E-state index in [2.05, 4.69) is 5.32 Å². The molecule has 1 aliphatic heterocycles. The molecule has 2 unspecified atom stereocenters. The molecule has 0 aliphatic carbocycles. The molecule has 1 fully saturated rings. The molecule has 0 aromatic carbocycles. The third-order valence-corrected chi connectivity index (χ3v) is 3.01. The molecule has 0 spiro atoms. The number of nitrogens with one attached hydrogen (secondary N) is 1. The summed E-state index contributed by atoms with van der Waals surface area (Å²) in [5.41, 5.74) is 0.833.